The molecule has 0 saturated heterocycles. The van der Waals surface area contributed by atoms with Gasteiger partial charge in [-0.15, -0.1) is 0 Å². The monoisotopic (exact) mass is 749 g/mol. The number of nitrogens with zero attached hydrogens (tertiary/aromatic N) is 2. The topological polar surface area (TPSA) is 86.8 Å². The molecule has 10 heteroatoms. The molecule has 1 atom stereocenters. The Morgan fingerprint density at radius 1 is 0.875 bits per heavy atom. The summed E-state index contributed by atoms with van der Waals surface area (Å²) in [6.45, 7) is 3.23. The third-order valence-corrected chi connectivity index (χ3v) is 11.3. The summed E-state index contributed by atoms with van der Waals surface area (Å²) in [5, 5.41) is 3.70. The Morgan fingerprint density at radius 3 is 2.23 bits per heavy atom. The quantitative estimate of drug-likeness (QED) is 0.159. The molecule has 1 fully saturated rings. The molecule has 4 aromatic rings. The molecule has 1 N–H and O–H groups in total. The van der Waals surface area contributed by atoms with E-state index in [0.29, 0.717) is 16.3 Å². The van der Waals surface area contributed by atoms with Crippen molar-refractivity contribution in [2.24, 2.45) is 0 Å². The minimum Gasteiger partial charge on any atom is -0.352 e. The first-order chi connectivity index (χ1) is 23.0. The summed E-state index contributed by atoms with van der Waals surface area (Å²) < 4.78 is 30.6. The fraction of sp³-hybridized carbons (Fsp3) is 0.316. The van der Waals surface area contributed by atoms with Gasteiger partial charge in [0.25, 0.3) is 10.0 Å². The molecule has 7 nitrogen and oxygen atoms in total. The second-order valence-electron chi connectivity index (χ2n) is 12.5. The van der Waals surface area contributed by atoms with Gasteiger partial charge in [0.1, 0.15) is 12.6 Å². The van der Waals surface area contributed by atoms with Gasteiger partial charge in [0.2, 0.25) is 11.8 Å². The highest BCUT2D eigenvalue weighted by Crippen LogP contribution is 2.30. The Balaban J connectivity index is 1.58. The molecule has 48 heavy (non-hydrogen) atoms. The molecule has 2 amide bonds. The second kappa shape index (κ2) is 16.2. The summed E-state index contributed by atoms with van der Waals surface area (Å²) in [6.07, 6.45) is 5.28. The molecule has 0 bridgehead atoms. The molecule has 1 aliphatic rings. The fourth-order valence-corrected chi connectivity index (χ4v) is 8.33. The van der Waals surface area contributed by atoms with Gasteiger partial charge in [0, 0.05) is 28.5 Å². The van der Waals surface area contributed by atoms with Crippen LogP contribution in [0.2, 0.25) is 5.02 Å². The molecular weight excluding hydrogens is 710 g/mol. The molecule has 0 radical (unpaired) electrons. The van der Waals surface area contributed by atoms with Gasteiger partial charge in [-0.1, -0.05) is 107 Å². The van der Waals surface area contributed by atoms with Crippen molar-refractivity contribution >= 4 is 55.1 Å². The van der Waals surface area contributed by atoms with E-state index in [1.807, 2.05) is 61.5 Å². The van der Waals surface area contributed by atoms with E-state index in [-0.39, 0.29) is 29.8 Å². The van der Waals surface area contributed by atoms with Gasteiger partial charge in [-0.25, -0.2) is 8.42 Å². The van der Waals surface area contributed by atoms with Gasteiger partial charge in [0.05, 0.1) is 10.6 Å². The van der Waals surface area contributed by atoms with Crippen LogP contribution in [0.3, 0.4) is 0 Å². The number of amides is 2. The van der Waals surface area contributed by atoms with Gasteiger partial charge in [-0.3, -0.25) is 13.9 Å². The first kappa shape index (κ1) is 35.6. The third-order valence-electron chi connectivity index (χ3n) is 8.78. The van der Waals surface area contributed by atoms with Crippen molar-refractivity contribution < 1.29 is 18.0 Å². The normalized spacial score (nSPS) is 14.2. The molecule has 4 aromatic carbocycles. The van der Waals surface area contributed by atoms with E-state index in [1.165, 1.54) is 4.90 Å². The molecule has 1 saturated carbocycles. The standard InChI is InChI=1S/C38H41BrClN3O4S/c1-27-16-19-34(20-17-27)48(46,47)43(35-21-18-32(40)22-28(35)2)26-37(44)42(25-30-12-9-13-31(39)23-30)36(24-29-10-5-3-6-11-29)38(45)41-33-14-7-4-8-15-33/h3,5-6,9-13,16-23,33,36H,4,7-8,14-15,24-26H2,1-2H3,(H,41,45)/t36-/m0/s1. The van der Waals surface area contributed by atoms with Crippen molar-refractivity contribution in [2.75, 3.05) is 10.8 Å². The predicted molar refractivity (Wildman–Crippen MR) is 196 cm³/mol. The van der Waals surface area contributed by atoms with Crippen LogP contribution >= 0.6 is 27.5 Å². The lowest BCUT2D eigenvalue weighted by Gasteiger charge is -2.35. The van der Waals surface area contributed by atoms with Crippen molar-refractivity contribution in [3.63, 3.8) is 0 Å². The summed E-state index contributed by atoms with van der Waals surface area (Å²) in [6, 6.07) is 27.8. The highest BCUT2D eigenvalue weighted by Gasteiger charge is 2.36. The molecule has 0 spiro atoms. The summed E-state index contributed by atoms with van der Waals surface area (Å²) in [5.74, 6) is -0.746. The summed E-state index contributed by atoms with van der Waals surface area (Å²) in [7, 11) is -4.21. The van der Waals surface area contributed by atoms with E-state index >= 15 is 0 Å². The SMILES string of the molecule is Cc1ccc(S(=O)(=O)N(CC(=O)N(Cc2cccc(Br)c2)[C@@H](Cc2ccccc2)C(=O)NC2CCCCC2)c2ccc(Cl)cc2C)cc1. The summed E-state index contributed by atoms with van der Waals surface area (Å²) in [5.41, 5.74) is 3.54. The zero-order valence-electron chi connectivity index (χ0n) is 27.2. The molecule has 0 aliphatic heterocycles. The van der Waals surface area contributed by atoms with E-state index in [4.69, 9.17) is 11.6 Å². The predicted octanol–water partition coefficient (Wildman–Crippen LogP) is 8.00. The number of hydrogen-bond acceptors (Lipinski definition) is 4. The van der Waals surface area contributed by atoms with Crippen LogP contribution in [0.25, 0.3) is 0 Å². The molecule has 1 aliphatic carbocycles. The maximum Gasteiger partial charge on any atom is 0.264 e. The number of aryl methyl sites for hydroxylation is 2. The second-order valence-corrected chi connectivity index (χ2v) is 15.7. The minimum atomic E-state index is -4.21. The number of hydrogen-bond donors (Lipinski definition) is 1. The van der Waals surface area contributed by atoms with Crippen LogP contribution in [-0.2, 0) is 32.6 Å². The van der Waals surface area contributed by atoms with E-state index in [9.17, 15) is 18.0 Å². The Hall–Kier alpha value is -3.66. The van der Waals surface area contributed by atoms with Gasteiger partial charge in [-0.2, -0.15) is 0 Å². The Bertz CT molecular complexity index is 1830. The number of anilines is 1. The van der Waals surface area contributed by atoms with E-state index < -0.39 is 28.5 Å². The van der Waals surface area contributed by atoms with Gasteiger partial charge in [-0.05, 0) is 85.8 Å². The van der Waals surface area contributed by atoms with Crippen molar-refractivity contribution in [2.45, 2.75) is 75.9 Å². The maximum atomic E-state index is 14.8. The Morgan fingerprint density at radius 2 is 1.56 bits per heavy atom. The molecular formula is C38H41BrClN3O4S. The largest absolute Gasteiger partial charge is 0.352 e. The first-order valence-corrected chi connectivity index (χ1v) is 18.9. The molecule has 0 aromatic heterocycles. The highest BCUT2D eigenvalue weighted by molar-refractivity contribution is 9.10. The Labute approximate surface area is 297 Å². The smallest absolute Gasteiger partial charge is 0.264 e. The maximum absolute atomic E-state index is 14.8. The van der Waals surface area contributed by atoms with Gasteiger partial charge >= 0.3 is 0 Å². The van der Waals surface area contributed by atoms with Crippen molar-refractivity contribution in [3.8, 4) is 0 Å². The van der Waals surface area contributed by atoms with Crippen molar-refractivity contribution in [3.05, 3.63) is 129 Å². The molecule has 5 rings (SSSR count). The summed E-state index contributed by atoms with van der Waals surface area (Å²) >= 11 is 9.81. The van der Waals surface area contributed by atoms with E-state index in [0.717, 1.165) is 57.6 Å². The highest BCUT2D eigenvalue weighted by atomic mass is 79.9. The first-order valence-electron chi connectivity index (χ1n) is 16.2. The fourth-order valence-electron chi connectivity index (χ4n) is 6.18. The Kier molecular flexibility index (Phi) is 12.0. The van der Waals surface area contributed by atoms with Gasteiger partial charge < -0.3 is 10.2 Å². The number of sulfonamides is 1. The number of halogens is 2. The lowest BCUT2D eigenvalue weighted by molar-refractivity contribution is -0.140. The number of carbonyl (C=O) groups excluding carboxylic acids is 2. The minimum absolute atomic E-state index is 0.0301. The molecule has 0 unspecified atom stereocenters. The zero-order chi connectivity index (χ0) is 34.3. The van der Waals surface area contributed by atoms with Crippen LogP contribution in [0.5, 0.6) is 0 Å². The number of benzene rings is 4. The average molecular weight is 751 g/mol. The average Bonchev–Trinajstić information content (AvgIpc) is 3.06. The number of rotatable bonds is 12. The lowest BCUT2D eigenvalue weighted by atomic mass is 9.94. The summed E-state index contributed by atoms with van der Waals surface area (Å²) in [4.78, 5) is 30.6. The number of nitrogens with one attached hydrogen (secondary N) is 1. The zero-order valence-corrected chi connectivity index (χ0v) is 30.4. The van der Waals surface area contributed by atoms with Crippen LogP contribution in [-0.4, -0.2) is 43.8 Å². The van der Waals surface area contributed by atoms with Gasteiger partial charge in [0.15, 0.2) is 0 Å². The molecule has 252 valence electrons. The van der Waals surface area contributed by atoms with Crippen LogP contribution in [0.1, 0.15) is 54.4 Å². The lowest BCUT2D eigenvalue weighted by Crippen LogP contribution is -2.55. The van der Waals surface area contributed by atoms with Crippen LogP contribution in [0.4, 0.5) is 5.69 Å². The van der Waals surface area contributed by atoms with E-state index in [2.05, 4.69) is 21.2 Å². The van der Waals surface area contributed by atoms with Crippen LogP contribution in [0.15, 0.2) is 106 Å². The van der Waals surface area contributed by atoms with Crippen molar-refractivity contribution in [1.29, 1.82) is 0 Å². The van der Waals surface area contributed by atoms with Crippen molar-refractivity contribution in [1.82, 2.24) is 10.2 Å². The molecule has 0 heterocycles. The van der Waals surface area contributed by atoms with Crippen LogP contribution < -0.4 is 9.62 Å². The van der Waals surface area contributed by atoms with E-state index in [1.54, 1.807) is 49.4 Å². The number of carbonyl (C=O) groups is 2. The van der Waals surface area contributed by atoms with Crippen LogP contribution in [0, 0.1) is 13.8 Å². The third kappa shape index (κ3) is 9.07.